The first-order valence-electron chi connectivity index (χ1n) is 6.34. The lowest BCUT2D eigenvalue weighted by atomic mass is 10.2. The number of rotatable bonds is 5. The van der Waals surface area contributed by atoms with Crippen LogP contribution in [0.2, 0.25) is 0 Å². The molecule has 5 heteroatoms. The van der Waals surface area contributed by atoms with Gasteiger partial charge in [0.15, 0.2) is 17.3 Å². The molecule has 2 N–H and O–H groups in total. The van der Waals surface area contributed by atoms with Crippen LogP contribution in [0.5, 0.6) is 11.5 Å². The summed E-state index contributed by atoms with van der Waals surface area (Å²) < 4.78 is 5.10. The van der Waals surface area contributed by atoms with Crippen molar-refractivity contribution in [2.75, 3.05) is 31.4 Å². The van der Waals surface area contributed by atoms with E-state index in [0.717, 1.165) is 17.1 Å². The van der Waals surface area contributed by atoms with Gasteiger partial charge in [-0.1, -0.05) is 12.1 Å². The molecule has 0 fully saturated rings. The molecule has 0 saturated heterocycles. The highest BCUT2D eigenvalue weighted by Crippen LogP contribution is 2.30. The second kappa shape index (κ2) is 6.14. The zero-order valence-electron chi connectivity index (χ0n) is 11.9. The number of ether oxygens (including phenoxy) is 1. The monoisotopic (exact) mass is 273 g/mol. The number of aromatic hydroxyl groups is 1. The first-order valence-corrected chi connectivity index (χ1v) is 6.34. The fourth-order valence-corrected chi connectivity index (χ4v) is 1.96. The molecule has 2 aromatic rings. The van der Waals surface area contributed by atoms with Crippen molar-refractivity contribution in [1.29, 1.82) is 0 Å². The molecule has 0 aliphatic heterocycles. The van der Waals surface area contributed by atoms with Crippen molar-refractivity contribution < 1.29 is 9.84 Å². The van der Waals surface area contributed by atoms with E-state index in [2.05, 4.69) is 10.3 Å². The molecular formula is C15H19N3O2. The summed E-state index contributed by atoms with van der Waals surface area (Å²) in [6.07, 6.45) is 1.75. The van der Waals surface area contributed by atoms with Gasteiger partial charge in [-0.05, 0) is 18.2 Å². The fraction of sp³-hybridized carbons (Fsp3) is 0.267. The van der Waals surface area contributed by atoms with Crippen molar-refractivity contribution in [1.82, 2.24) is 4.98 Å². The molecule has 5 nitrogen and oxygen atoms in total. The SMILES string of the molecule is COc1cccc(CNc2cccnc2N(C)C)c1O. The second-order valence-corrected chi connectivity index (χ2v) is 4.59. The minimum atomic E-state index is 0.165. The van der Waals surface area contributed by atoms with Crippen molar-refractivity contribution in [3.63, 3.8) is 0 Å². The van der Waals surface area contributed by atoms with E-state index in [0.29, 0.717) is 12.3 Å². The molecule has 0 radical (unpaired) electrons. The molecule has 0 bridgehead atoms. The standard InChI is InChI=1S/C15H19N3O2/c1-18(2)15-12(7-5-9-16-15)17-10-11-6-4-8-13(20-3)14(11)19/h4-9,17,19H,10H2,1-3H3. The number of anilines is 2. The predicted octanol–water partition coefficient (Wildman–Crippen LogP) is 2.47. The Kier molecular flexibility index (Phi) is 4.30. The third-order valence-corrected chi connectivity index (χ3v) is 2.98. The molecule has 106 valence electrons. The van der Waals surface area contributed by atoms with Crippen LogP contribution in [0, 0.1) is 0 Å². The van der Waals surface area contributed by atoms with E-state index in [4.69, 9.17) is 4.74 Å². The number of nitrogens with one attached hydrogen (secondary N) is 1. The van der Waals surface area contributed by atoms with E-state index in [1.807, 2.05) is 43.3 Å². The lowest BCUT2D eigenvalue weighted by Crippen LogP contribution is -2.13. The highest BCUT2D eigenvalue weighted by atomic mass is 16.5. The Morgan fingerprint density at radius 3 is 2.75 bits per heavy atom. The van der Waals surface area contributed by atoms with Crippen LogP contribution >= 0.6 is 0 Å². The zero-order chi connectivity index (χ0) is 14.5. The third kappa shape index (κ3) is 2.93. The predicted molar refractivity (Wildman–Crippen MR) is 80.5 cm³/mol. The first-order chi connectivity index (χ1) is 9.63. The summed E-state index contributed by atoms with van der Waals surface area (Å²) >= 11 is 0. The lowest BCUT2D eigenvalue weighted by Gasteiger charge is -2.17. The number of aromatic nitrogens is 1. The van der Waals surface area contributed by atoms with E-state index in [-0.39, 0.29) is 5.75 Å². The molecule has 1 aromatic heterocycles. The molecule has 0 amide bonds. The second-order valence-electron chi connectivity index (χ2n) is 4.59. The number of methoxy groups -OCH3 is 1. The van der Waals surface area contributed by atoms with E-state index < -0.39 is 0 Å². The summed E-state index contributed by atoms with van der Waals surface area (Å²) in [5, 5.41) is 13.3. The number of pyridine rings is 1. The number of hydrogen-bond acceptors (Lipinski definition) is 5. The molecule has 1 aromatic carbocycles. The molecule has 2 rings (SSSR count). The van der Waals surface area contributed by atoms with Crippen molar-refractivity contribution in [2.24, 2.45) is 0 Å². The molecule has 0 unspecified atom stereocenters. The quantitative estimate of drug-likeness (QED) is 0.876. The third-order valence-electron chi connectivity index (χ3n) is 2.98. The fourth-order valence-electron chi connectivity index (χ4n) is 1.96. The highest BCUT2D eigenvalue weighted by molar-refractivity contribution is 5.65. The van der Waals surface area contributed by atoms with Crippen molar-refractivity contribution >= 4 is 11.5 Å². The Morgan fingerprint density at radius 2 is 2.05 bits per heavy atom. The van der Waals surface area contributed by atoms with Crippen LogP contribution in [-0.4, -0.2) is 31.3 Å². The minimum Gasteiger partial charge on any atom is -0.504 e. The summed E-state index contributed by atoms with van der Waals surface area (Å²) in [6.45, 7) is 0.496. The average Bonchev–Trinajstić information content (AvgIpc) is 2.46. The van der Waals surface area contributed by atoms with Gasteiger partial charge < -0.3 is 20.1 Å². The Bertz CT molecular complexity index is 585. The largest absolute Gasteiger partial charge is 0.504 e. The van der Waals surface area contributed by atoms with Gasteiger partial charge >= 0.3 is 0 Å². The molecule has 0 atom stereocenters. The van der Waals surface area contributed by atoms with Gasteiger partial charge in [0.1, 0.15) is 0 Å². The van der Waals surface area contributed by atoms with Gasteiger partial charge in [0.05, 0.1) is 12.8 Å². The summed E-state index contributed by atoms with van der Waals surface area (Å²) in [5.74, 6) is 1.50. The number of phenolic OH excluding ortho intramolecular Hbond substituents is 1. The molecular weight excluding hydrogens is 254 g/mol. The normalized spacial score (nSPS) is 10.2. The minimum absolute atomic E-state index is 0.165. The van der Waals surface area contributed by atoms with E-state index >= 15 is 0 Å². The van der Waals surface area contributed by atoms with Crippen LogP contribution in [0.15, 0.2) is 36.5 Å². The maximum absolute atomic E-state index is 10.1. The van der Waals surface area contributed by atoms with Gasteiger partial charge in [0.25, 0.3) is 0 Å². The van der Waals surface area contributed by atoms with Crippen molar-refractivity contribution in [2.45, 2.75) is 6.54 Å². The number of benzene rings is 1. The average molecular weight is 273 g/mol. The van der Waals surface area contributed by atoms with Gasteiger partial charge in [0.2, 0.25) is 0 Å². The molecule has 0 spiro atoms. The van der Waals surface area contributed by atoms with Crippen molar-refractivity contribution in [3.05, 3.63) is 42.1 Å². The van der Waals surface area contributed by atoms with Crippen LogP contribution in [0.25, 0.3) is 0 Å². The Labute approximate surface area is 118 Å². The zero-order valence-corrected chi connectivity index (χ0v) is 11.9. The molecule has 20 heavy (non-hydrogen) atoms. The van der Waals surface area contributed by atoms with Gasteiger partial charge in [-0.25, -0.2) is 4.98 Å². The smallest absolute Gasteiger partial charge is 0.162 e. The van der Waals surface area contributed by atoms with Gasteiger partial charge in [-0.15, -0.1) is 0 Å². The maximum atomic E-state index is 10.1. The van der Waals surface area contributed by atoms with Crippen molar-refractivity contribution in [3.8, 4) is 11.5 Å². The Balaban J connectivity index is 2.17. The van der Waals surface area contributed by atoms with Crippen LogP contribution in [0.3, 0.4) is 0 Å². The lowest BCUT2D eigenvalue weighted by molar-refractivity contribution is 0.371. The number of hydrogen-bond donors (Lipinski definition) is 2. The summed E-state index contributed by atoms with van der Waals surface area (Å²) in [4.78, 5) is 6.26. The number of nitrogens with zero attached hydrogens (tertiary/aromatic N) is 2. The van der Waals surface area contributed by atoms with E-state index in [1.54, 1.807) is 12.3 Å². The number of phenols is 1. The van der Waals surface area contributed by atoms with Crippen LogP contribution < -0.4 is 15.0 Å². The summed E-state index contributed by atoms with van der Waals surface area (Å²) in [6, 6.07) is 9.27. The highest BCUT2D eigenvalue weighted by Gasteiger charge is 2.09. The molecule has 0 aliphatic rings. The Hall–Kier alpha value is -2.43. The van der Waals surface area contributed by atoms with Gasteiger partial charge in [-0.3, -0.25) is 0 Å². The van der Waals surface area contributed by atoms with Crippen LogP contribution in [0.1, 0.15) is 5.56 Å². The molecule has 1 heterocycles. The van der Waals surface area contributed by atoms with Gasteiger partial charge in [-0.2, -0.15) is 0 Å². The molecule has 0 aliphatic carbocycles. The Morgan fingerprint density at radius 1 is 1.25 bits per heavy atom. The first kappa shape index (κ1) is 14.0. The maximum Gasteiger partial charge on any atom is 0.162 e. The van der Waals surface area contributed by atoms with Crippen LogP contribution in [0.4, 0.5) is 11.5 Å². The number of para-hydroxylation sites is 1. The summed E-state index contributed by atoms with van der Waals surface area (Å²) in [7, 11) is 5.42. The van der Waals surface area contributed by atoms with E-state index in [9.17, 15) is 5.11 Å². The summed E-state index contributed by atoms with van der Waals surface area (Å²) in [5.41, 5.74) is 1.69. The van der Waals surface area contributed by atoms with Gasteiger partial charge in [0, 0.05) is 32.4 Å². The van der Waals surface area contributed by atoms with Crippen LogP contribution in [-0.2, 0) is 6.54 Å². The molecule has 0 saturated carbocycles. The van der Waals surface area contributed by atoms with E-state index in [1.165, 1.54) is 7.11 Å². The topological polar surface area (TPSA) is 57.6 Å².